The number of hydrogen-bond acceptors (Lipinski definition) is 2. The fourth-order valence-corrected chi connectivity index (χ4v) is 4.90. The van der Waals surface area contributed by atoms with Crippen molar-refractivity contribution in [2.45, 2.75) is 25.4 Å². The van der Waals surface area contributed by atoms with Gasteiger partial charge >= 0.3 is 0 Å². The van der Waals surface area contributed by atoms with Crippen molar-refractivity contribution in [1.82, 2.24) is 14.0 Å². The number of carbonyl (C=O) groups is 1. The molecule has 3 aromatic rings. The highest BCUT2D eigenvalue weighted by atomic mass is 35.5. The van der Waals surface area contributed by atoms with Gasteiger partial charge in [0.1, 0.15) is 6.54 Å². The Kier molecular flexibility index (Phi) is 3.86. The first kappa shape index (κ1) is 16.6. The van der Waals surface area contributed by atoms with Gasteiger partial charge in [0, 0.05) is 59.4 Å². The predicted molar refractivity (Wildman–Crippen MR) is 105 cm³/mol. The molecule has 0 N–H and O–H groups in total. The van der Waals surface area contributed by atoms with E-state index in [4.69, 9.17) is 11.6 Å². The Labute approximate surface area is 161 Å². The van der Waals surface area contributed by atoms with E-state index in [1.165, 1.54) is 0 Å². The number of carbonyl (C=O) groups excluding carboxylic acids is 1. The number of aromatic nitrogens is 2. The van der Waals surface area contributed by atoms with Gasteiger partial charge in [-0.25, -0.2) is 0 Å². The summed E-state index contributed by atoms with van der Waals surface area (Å²) in [5.74, 6) is 0.705. The highest BCUT2D eigenvalue weighted by Gasteiger charge is 2.36. The molecule has 5 rings (SSSR count). The largest absolute Gasteiger partial charge is 0.340 e. The lowest BCUT2D eigenvalue weighted by atomic mass is 9.83. The highest BCUT2D eigenvalue weighted by Crippen LogP contribution is 2.35. The molecule has 1 aromatic carbocycles. The van der Waals surface area contributed by atoms with Crippen LogP contribution in [0.4, 0.5) is 0 Å². The number of halogens is 1. The van der Waals surface area contributed by atoms with Crippen LogP contribution in [0.1, 0.15) is 18.0 Å². The topological polar surface area (TPSA) is 47.2 Å². The average Bonchev–Trinajstić information content (AvgIpc) is 3.07. The molecule has 2 atom stereocenters. The summed E-state index contributed by atoms with van der Waals surface area (Å²) < 4.78 is 3.86. The monoisotopic (exact) mass is 381 g/mol. The summed E-state index contributed by atoms with van der Waals surface area (Å²) in [6.07, 6.45) is 2.98. The van der Waals surface area contributed by atoms with Gasteiger partial charge in [0.2, 0.25) is 5.91 Å². The standard InChI is InChI=1S/C21H20ClN3O2/c22-17-3-1-5-19-16(17)7-8-23(19)13-21(27)24-10-14-9-15(12-24)18-4-2-6-20(26)25(18)11-14/h1-8,14-15H,9-13H2/t14-,15+/m0/s1. The second-order valence-corrected chi connectivity index (χ2v) is 8.02. The fraction of sp³-hybridized carbons (Fsp3) is 0.333. The lowest BCUT2D eigenvalue weighted by molar-refractivity contribution is -0.134. The maximum atomic E-state index is 13.0. The van der Waals surface area contributed by atoms with Crippen LogP contribution in [0.15, 0.2) is 53.5 Å². The molecule has 2 bridgehead atoms. The number of hydrogen-bond donors (Lipinski definition) is 0. The molecule has 1 saturated heterocycles. The Balaban J connectivity index is 1.39. The van der Waals surface area contributed by atoms with Crippen molar-refractivity contribution in [3.8, 4) is 0 Å². The van der Waals surface area contributed by atoms with Crippen LogP contribution in [0, 0.1) is 5.92 Å². The molecule has 27 heavy (non-hydrogen) atoms. The number of pyridine rings is 1. The molecule has 0 aliphatic carbocycles. The van der Waals surface area contributed by atoms with Crippen LogP contribution in [0.2, 0.25) is 5.02 Å². The van der Waals surface area contributed by atoms with Gasteiger partial charge in [-0.2, -0.15) is 0 Å². The van der Waals surface area contributed by atoms with Crippen molar-refractivity contribution >= 4 is 28.4 Å². The Hall–Kier alpha value is -2.53. The molecule has 138 valence electrons. The maximum absolute atomic E-state index is 13.0. The minimum Gasteiger partial charge on any atom is -0.340 e. The van der Waals surface area contributed by atoms with E-state index in [9.17, 15) is 9.59 Å². The number of piperidine rings is 1. The number of likely N-dealkylation sites (tertiary alicyclic amines) is 1. The fourth-order valence-electron chi connectivity index (χ4n) is 4.67. The first-order valence-electron chi connectivity index (χ1n) is 9.31. The van der Waals surface area contributed by atoms with Crippen molar-refractivity contribution in [1.29, 1.82) is 0 Å². The second-order valence-electron chi connectivity index (χ2n) is 7.61. The summed E-state index contributed by atoms with van der Waals surface area (Å²) in [6, 6.07) is 13.2. The summed E-state index contributed by atoms with van der Waals surface area (Å²) in [6.45, 7) is 2.41. The molecule has 2 aromatic heterocycles. The van der Waals surface area contributed by atoms with Gasteiger partial charge in [-0.05, 0) is 36.6 Å². The van der Waals surface area contributed by atoms with E-state index < -0.39 is 0 Å². The van der Waals surface area contributed by atoms with E-state index >= 15 is 0 Å². The maximum Gasteiger partial charge on any atom is 0.250 e. The summed E-state index contributed by atoms with van der Waals surface area (Å²) >= 11 is 6.24. The van der Waals surface area contributed by atoms with Crippen LogP contribution in [0.5, 0.6) is 0 Å². The highest BCUT2D eigenvalue weighted by molar-refractivity contribution is 6.35. The molecule has 4 heterocycles. The first-order chi connectivity index (χ1) is 13.1. The number of nitrogens with zero attached hydrogens (tertiary/aromatic N) is 3. The first-order valence-corrected chi connectivity index (χ1v) is 9.69. The molecule has 0 saturated carbocycles. The van der Waals surface area contributed by atoms with E-state index in [2.05, 4.69) is 0 Å². The van der Waals surface area contributed by atoms with Gasteiger partial charge in [0.05, 0.1) is 0 Å². The third-order valence-corrected chi connectivity index (χ3v) is 6.23. The van der Waals surface area contributed by atoms with Crippen molar-refractivity contribution in [3.63, 3.8) is 0 Å². The third kappa shape index (κ3) is 2.77. The number of benzene rings is 1. The summed E-state index contributed by atoms with van der Waals surface area (Å²) in [7, 11) is 0. The zero-order valence-electron chi connectivity index (χ0n) is 14.8. The minimum absolute atomic E-state index is 0.0673. The van der Waals surface area contributed by atoms with Crippen LogP contribution in [0.3, 0.4) is 0 Å². The van der Waals surface area contributed by atoms with Crippen LogP contribution in [-0.4, -0.2) is 33.0 Å². The Morgan fingerprint density at radius 1 is 1.07 bits per heavy atom. The Bertz CT molecular complexity index is 1100. The van der Waals surface area contributed by atoms with E-state index in [1.807, 2.05) is 56.6 Å². The van der Waals surface area contributed by atoms with Crippen LogP contribution in [0.25, 0.3) is 10.9 Å². The third-order valence-electron chi connectivity index (χ3n) is 5.90. The molecule has 1 fully saturated rings. The summed E-state index contributed by atoms with van der Waals surface area (Å²) in [4.78, 5) is 27.1. The Morgan fingerprint density at radius 3 is 2.81 bits per heavy atom. The van der Waals surface area contributed by atoms with Gasteiger partial charge in [0.25, 0.3) is 5.56 Å². The van der Waals surface area contributed by atoms with E-state index in [1.54, 1.807) is 6.07 Å². The van der Waals surface area contributed by atoms with Gasteiger partial charge < -0.3 is 14.0 Å². The van der Waals surface area contributed by atoms with E-state index in [0.29, 0.717) is 30.6 Å². The molecular formula is C21H20ClN3O2. The summed E-state index contributed by atoms with van der Waals surface area (Å²) in [5.41, 5.74) is 2.11. The molecule has 0 radical (unpaired) electrons. The number of rotatable bonds is 2. The van der Waals surface area contributed by atoms with Crippen molar-refractivity contribution in [2.75, 3.05) is 13.1 Å². The molecular weight excluding hydrogens is 362 g/mol. The van der Waals surface area contributed by atoms with Crippen molar-refractivity contribution < 1.29 is 4.79 Å². The average molecular weight is 382 g/mol. The molecule has 5 nitrogen and oxygen atoms in total. The van der Waals surface area contributed by atoms with Gasteiger partial charge in [0.15, 0.2) is 0 Å². The minimum atomic E-state index is 0.0673. The van der Waals surface area contributed by atoms with Crippen molar-refractivity contribution in [2.24, 2.45) is 5.92 Å². The zero-order valence-corrected chi connectivity index (χ0v) is 15.6. The molecule has 2 aliphatic heterocycles. The van der Waals surface area contributed by atoms with Gasteiger partial charge in [-0.3, -0.25) is 9.59 Å². The van der Waals surface area contributed by atoms with Gasteiger partial charge in [-0.1, -0.05) is 23.7 Å². The molecule has 6 heteroatoms. The SMILES string of the molecule is O=C(Cn1ccc2c(Cl)cccc21)N1C[C@@H]2C[C@H](C1)c1cccc(=O)n1C2. The lowest BCUT2D eigenvalue weighted by Crippen LogP contribution is -2.49. The number of fused-ring (bicyclic) bond motifs is 5. The molecule has 2 aliphatic rings. The Morgan fingerprint density at radius 2 is 1.93 bits per heavy atom. The summed E-state index contributed by atoms with van der Waals surface area (Å²) in [5, 5.41) is 1.67. The lowest BCUT2D eigenvalue weighted by Gasteiger charge is -2.42. The number of amides is 1. The predicted octanol–water partition coefficient (Wildman–Crippen LogP) is 3.10. The second kappa shape index (κ2) is 6.27. The normalized spacial score (nSPS) is 21.3. The van der Waals surface area contributed by atoms with E-state index in [-0.39, 0.29) is 17.4 Å². The molecule has 1 amide bonds. The van der Waals surface area contributed by atoms with Crippen LogP contribution < -0.4 is 5.56 Å². The van der Waals surface area contributed by atoms with E-state index in [0.717, 1.165) is 29.6 Å². The molecule has 0 unspecified atom stereocenters. The smallest absolute Gasteiger partial charge is 0.250 e. The van der Waals surface area contributed by atoms with Gasteiger partial charge in [-0.15, -0.1) is 0 Å². The van der Waals surface area contributed by atoms with Crippen LogP contribution >= 0.6 is 11.6 Å². The quantitative estimate of drug-likeness (QED) is 0.684. The zero-order chi connectivity index (χ0) is 18.5. The molecule has 0 spiro atoms. The van der Waals surface area contributed by atoms with Crippen LogP contribution in [-0.2, 0) is 17.9 Å². The van der Waals surface area contributed by atoms with Crippen molar-refractivity contribution in [3.05, 3.63) is 69.7 Å².